The van der Waals surface area contributed by atoms with E-state index in [-0.39, 0.29) is 41.5 Å². The SMILES string of the molecule is CN=C(NCC(C)CN1CCCCC1)NC1CCS(=O)(=O)C1.I. The summed E-state index contributed by atoms with van der Waals surface area (Å²) in [7, 11) is -1.12. The molecule has 2 N–H and O–H groups in total. The second-order valence-electron chi connectivity index (χ2n) is 6.66. The second kappa shape index (κ2) is 10.0. The molecule has 2 aliphatic heterocycles. The number of hydrogen-bond acceptors (Lipinski definition) is 4. The Bertz CT molecular complexity index is 478. The van der Waals surface area contributed by atoms with Crippen LogP contribution in [0, 0.1) is 5.92 Å². The number of rotatable bonds is 5. The van der Waals surface area contributed by atoms with E-state index in [9.17, 15) is 8.42 Å². The molecule has 0 bridgehead atoms. The molecule has 8 heteroatoms. The number of piperidine rings is 1. The summed E-state index contributed by atoms with van der Waals surface area (Å²) >= 11 is 0. The van der Waals surface area contributed by atoms with Crippen LogP contribution >= 0.6 is 24.0 Å². The van der Waals surface area contributed by atoms with Gasteiger partial charge in [0, 0.05) is 26.2 Å². The van der Waals surface area contributed by atoms with E-state index >= 15 is 0 Å². The fraction of sp³-hybridized carbons (Fsp3) is 0.933. The molecule has 136 valence electrons. The Morgan fingerprint density at radius 2 is 2.00 bits per heavy atom. The summed E-state index contributed by atoms with van der Waals surface area (Å²) in [5.74, 6) is 1.76. The minimum Gasteiger partial charge on any atom is -0.356 e. The lowest BCUT2D eigenvalue weighted by molar-refractivity contribution is 0.201. The van der Waals surface area contributed by atoms with Gasteiger partial charge in [-0.2, -0.15) is 0 Å². The van der Waals surface area contributed by atoms with E-state index < -0.39 is 9.84 Å². The molecule has 2 atom stereocenters. The Morgan fingerprint density at radius 3 is 2.57 bits per heavy atom. The highest BCUT2D eigenvalue weighted by Crippen LogP contribution is 2.12. The highest BCUT2D eigenvalue weighted by Gasteiger charge is 2.28. The van der Waals surface area contributed by atoms with Gasteiger partial charge in [-0.1, -0.05) is 13.3 Å². The molecule has 2 heterocycles. The number of guanidine groups is 1. The van der Waals surface area contributed by atoms with Crippen LogP contribution in [0.1, 0.15) is 32.6 Å². The van der Waals surface area contributed by atoms with Gasteiger partial charge in [-0.25, -0.2) is 8.42 Å². The molecule has 2 saturated heterocycles. The van der Waals surface area contributed by atoms with Crippen LogP contribution < -0.4 is 10.6 Å². The quantitative estimate of drug-likeness (QED) is 0.367. The minimum atomic E-state index is -2.85. The molecule has 0 radical (unpaired) electrons. The number of nitrogens with zero attached hydrogens (tertiary/aromatic N) is 2. The lowest BCUT2D eigenvalue weighted by Gasteiger charge is -2.29. The molecule has 6 nitrogen and oxygen atoms in total. The van der Waals surface area contributed by atoms with E-state index in [0.29, 0.717) is 18.3 Å². The van der Waals surface area contributed by atoms with E-state index in [1.165, 1.54) is 32.4 Å². The smallest absolute Gasteiger partial charge is 0.191 e. The molecule has 2 unspecified atom stereocenters. The van der Waals surface area contributed by atoms with Crippen molar-refractivity contribution in [2.75, 3.05) is 44.7 Å². The topological polar surface area (TPSA) is 73.8 Å². The Morgan fingerprint density at radius 1 is 1.30 bits per heavy atom. The highest BCUT2D eigenvalue weighted by molar-refractivity contribution is 14.0. The number of sulfone groups is 1. The van der Waals surface area contributed by atoms with Gasteiger partial charge in [0.2, 0.25) is 0 Å². The van der Waals surface area contributed by atoms with Gasteiger partial charge >= 0.3 is 0 Å². The monoisotopic (exact) mass is 458 g/mol. The van der Waals surface area contributed by atoms with E-state index in [2.05, 4.69) is 27.4 Å². The first-order valence-corrected chi connectivity index (χ1v) is 10.2. The van der Waals surface area contributed by atoms with E-state index in [0.717, 1.165) is 13.1 Å². The molecule has 0 aromatic carbocycles. The average Bonchev–Trinajstić information content (AvgIpc) is 2.83. The Hall–Kier alpha value is -0.0900. The predicted molar refractivity (Wildman–Crippen MR) is 106 cm³/mol. The van der Waals surface area contributed by atoms with Gasteiger partial charge in [-0.05, 0) is 38.3 Å². The van der Waals surface area contributed by atoms with Gasteiger partial charge in [0.05, 0.1) is 11.5 Å². The molecule has 0 aliphatic carbocycles. The van der Waals surface area contributed by atoms with Crippen LogP contribution in [0.5, 0.6) is 0 Å². The molecule has 2 rings (SSSR count). The van der Waals surface area contributed by atoms with Crippen LogP contribution in [-0.4, -0.2) is 70.1 Å². The molecular weight excluding hydrogens is 427 g/mol. The van der Waals surface area contributed by atoms with E-state index in [1.54, 1.807) is 7.05 Å². The van der Waals surface area contributed by atoms with Gasteiger partial charge in [-0.3, -0.25) is 4.99 Å². The van der Waals surface area contributed by atoms with Crippen molar-refractivity contribution in [2.45, 2.75) is 38.6 Å². The first kappa shape index (κ1) is 21.0. The van der Waals surface area contributed by atoms with Crippen molar-refractivity contribution in [3.8, 4) is 0 Å². The van der Waals surface area contributed by atoms with Crippen LogP contribution in [-0.2, 0) is 9.84 Å². The van der Waals surface area contributed by atoms with Gasteiger partial charge in [0.25, 0.3) is 0 Å². The number of halogens is 1. The van der Waals surface area contributed by atoms with E-state index in [4.69, 9.17) is 0 Å². The zero-order chi connectivity index (χ0) is 16.0. The first-order chi connectivity index (χ1) is 10.5. The van der Waals surface area contributed by atoms with Gasteiger partial charge in [0.15, 0.2) is 15.8 Å². The summed E-state index contributed by atoms with van der Waals surface area (Å²) < 4.78 is 23.0. The number of hydrogen-bond donors (Lipinski definition) is 2. The van der Waals surface area contributed by atoms with Crippen LogP contribution in [0.25, 0.3) is 0 Å². The van der Waals surface area contributed by atoms with Crippen LogP contribution in [0.15, 0.2) is 4.99 Å². The number of aliphatic imine (C=N–C) groups is 1. The third kappa shape index (κ3) is 7.55. The Labute approximate surface area is 157 Å². The summed E-state index contributed by atoms with van der Waals surface area (Å²) in [6.07, 6.45) is 4.68. The molecule has 23 heavy (non-hydrogen) atoms. The third-order valence-electron chi connectivity index (χ3n) is 4.43. The number of nitrogens with one attached hydrogen (secondary N) is 2. The van der Waals surface area contributed by atoms with Crippen molar-refractivity contribution in [3.05, 3.63) is 0 Å². The van der Waals surface area contributed by atoms with Crippen molar-refractivity contribution in [2.24, 2.45) is 10.9 Å². The van der Waals surface area contributed by atoms with Gasteiger partial charge in [0.1, 0.15) is 0 Å². The van der Waals surface area contributed by atoms with Crippen molar-refractivity contribution in [3.63, 3.8) is 0 Å². The van der Waals surface area contributed by atoms with Crippen molar-refractivity contribution < 1.29 is 8.42 Å². The zero-order valence-electron chi connectivity index (χ0n) is 14.3. The standard InChI is InChI=1S/C15H30N4O2S.HI/c1-13(11-19-7-4-3-5-8-19)10-17-15(16-2)18-14-6-9-22(20,21)12-14;/h13-14H,3-12H2,1-2H3,(H2,16,17,18);1H. The normalized spacial score (nSPS) is 26.3. The maximum absolute atomic E-state index is 11.5. The number of likely N-dealkylation sites (tertiary alicyclic amines) is 1. The first-order valence-electron chi connectivity index (χ1n) is 8.38. The van der Waals surface area contributed by atoms with Crippen LogP contribution in [0.4, 0.5) is 0 Å². The summed E-state index contributed by atoms with van der Waals surface area (Å²) in [5.41, 5.74) is 0. The maximum Gasteiger partial charge on any atom is 0.191 e. The molecule has 0 spiro atoms. The maximum atomic E-state index is 11.5. The fourth-order valence-corrected chi connectivity index (χ4v) is 4.89. The van der Waals surface area contributed by atoms with E-state index in [1.807, 2.05) is 0 Å². The van der Waals surface area contributed by atoms with Crippen molar-refractivity contribution in [1.82, 2.24) is 15.5 Å². The fourth-order valence-electron chi connectivity index (χ4n) is 3.22. The van der Waals surface area contributed by atoms with Crippen LogP contribution in [0.2, 0.25) is 0 Å². The van der Waals surface area contributed by atoms with Gasteiger partial charge < -0.3 is 15.5 Å². The molecule has 0 saturated carbocycles. The molecule has 0 amide bonds. The molecule has 2 aliphatic rings. The Kier molecular flexibility index (Phi) is 9.13. The summed E-state index contributed by atoms with van der Waals surface area (Å²) in [6, 6.07) is -0.00593. The highest BCUT2D eigenvalue weighted by atomic mass is 127. The lowest BCUT2D eigenvalue weighted by atomic mass is 10.1. The average molecular weight is 458 g/mol. The minimum absolute atomic E-state index is 0. The Balaban J connectivity index is 0.00000264. The summed E-state index contributed by atoms with van der Waals surface area (Å²) in [4.78, 5) is 6.74. The van der Waals surface area contributed by atoms with Crippen molar-refractivity contribution >= 4 is 39.8 Å². The molecule has 0 aromatic rings. The predicted octanol–water partition coefficient (Wildman–Crippen LogP) is 1.08. The van der Waals surface area contributed by atoms with Crippen LogP contribution in [0.3, 0.4) is 0 Å². The largest absolute Gasteiger partial charge is 0.356 e. The molecule has 2 fully saturated rings. The van der Waals surface area contributed by atoms with Crippen molar-refractivity contribution in [1.29, 1.82) is 0 Å². The molecular formula is C15H31IN4O2S. The summed E-state index contributed by atoms with van der Waals surface area (Å²) in [5, 5.41) is 6.56. The zero-order valence-corrected chi connectivity index (χ0v) is 17.4. The second-order valence-corrected chi connectivity index (χ2v) is 8.89. The lowest BCUT2D eigenvalue weighted by Crippen LogP contribution is -2.46. The summed E-state index contributed by atoms with van der Waals surface area (Å²) in [6.45, 7) is 6.65. The third-order valence-corrected chi connectivity index (χ3v) is 6.20. The van der Waals surface area contributed by atoms with Gasteiger partial charge in [-0.15, -0.1) is 24.0 Å². The molecule has 0 aromatic heterocycles.